The monoisotopic (exact) mass is 444 g/mol. The predicted molar refractivity (Wildman–Crippen MR) is 129 cm³/mol. The first-order valence-corrected chi connectivity index (χ1v) is 12.1. The Hall–Kier alpha value is -3.15. The molecule has 6 nitrogen and oxygen atoms in total. The summed E-state index contributed by atoms with van der Waals surface area (Å²) in [7, 11) is 1.84. The van der Waals surface area contributed by atoms with Gasteiger partial charge in [0.1, 0.15) is 12.4 Å². The van der Waals surface area contributed by atoms with Crippen LogP contribution in [0.15, 0.2) is 54.6 Å². The van der Waals surface area contributed by atoms with E-state index in [9.17, 15) is 9.59 Å². The first-order chi connectivity index (χ1) is 16.1. The third-order valence-electron chi connectivity index (χ3n) is 7.22. The number of carbonyl (C=O) groups is 2. The minimum atomic E-state index is 0.0138. The van der Waals surface area contributed by atoms with Crippen molar-refractivity contribution in [3.63, 3.8) is 0 Å². The maximum Gasteiger partial charge on any atom is 0.243 e. The second-order valence-corrected chi connectivity index (χ2v) is 9.52. The van der Waals surface area contributed by atoms with Crippen molar-refractivity contribution in [2.24, 2.45) is 0 Å². The minimum absolute atomic E-state index is 0.0138. The molecule has 2 heterocycles. The van der Waals surface area contributed by atoms with Crippen molar-refractivity contribution in [3.8, 4) is 0 Å². The molecule has 1 saturated heterocycles. The summed E-state index contributed by atoms with van der Waals surface area (Å²) in [5.74, 6) is 1.14. The van der Waals surface area contributed by atoms with Crippen LogP contribution in [0.3, 0.4) is 0 Å². The van der Waals surface area contributed by atoms with Gasteiger partial charge in [0, 0.05) is 38.5 Å². The molecule has 2 fully saturated rings. The van der Waals surface area contributed by atoms with Crippen LogP contribution < -0.4 is 0 Å². The Bertz CT molecular complexity index is 1130. The highest BCUT2D eigenvalue weighted by Crippen LogP contribution is 2.30. The molecule has 0 spiro atoms. The van der Waals surface area contributed by atoms with Crippen LogP contribution in [0.4, 0.5) is 0 Å². The van der Waals surface area contributed by atoms with Gasteiger partial charge in [-0.2, -0.15) is 0 Å². The molecule has 1 aromatic heterocycles. The number of para-hydroxylation sites is 2. The zero-order valence-electron chi connectivity index (χ0n) is 19.3. The van der Waals surface area contributed by atoms with Crippen LogP contribution in [0.5, 0.6) is 0 Å². The number of nitrogens with zero attached hydrogens (tertiary/aromatic N) is 4. The summed E-state index contributed by atoms with van der Waals surface area (Å²) in [4.78, 5) is 34.8. The van der Waals surface area contributed by atoms with Crippen molar-refractivity contribution in [3.05, 3.63) is 66.0 Å². The highest BCUT2D eigenvalue weighted by atomic mass is 16.2. The molecule has 1 saturated carbocycles. The molecule has 33 heavy (non-hydrogen) atoms. The molecule has 1 aliphatic heterocycles. The number of carbonyl (C=O) groups excluding carboxylic acids is 2. The first-order valence-electron chi connectivity index (χ1n) is 12.1. The van der Waals surface area contributed by atoms with Gasteiger partial charge in [-0.25, -0.2) is 4.98 Å². The number of likely N-dealkylation sites (tertiary alicyclic amines) is 1. The molecule has 1 aliphatic carbocycles. The molecule has 3 aromatic rings. The van der Waals surface area contributed by atoms with E-state index in [0.717, 1.165) is 35.3 Å². The molecule has 0 bridgehead atoms. The number of rotatable bonds is 6. The third kappa shape index (κ3) is 4.52. The first kappa shape index (κ1) is 21.7. The number of likely N-dealkylation sites (N-methyl/N-ethyl adjacent to an activating group) is 1. The Morgan fingerprint density at radius 2 is 1.76 bits per heavy atom. The van der Waals surface area contributed by atoms with Crippen molar-refractivity contribution < 1.29 is 9.59 Å². The highest BCUT2D eigenvalue weighted by molar-refractivity contribution is 5.83. The fraction of sp³-hybridized carbons (Fsp3) is 0.444. The van der Waals surface area contributed by atoms with Gasteiger partial charge in [-0.1, -0.05) is 61.7 Å². The SMILES string of the molecule is CN1CC(c2nc3ccccc3n2CC(=O)N(Cc2ccccc2)C2CCCCC2)CC1=O. The fourth-order valence-corrected chi connectivity index (χ4v) is 5.43. The topological polar surface area (TPSA) is 58.4 Å². The van der Waals surface area contributed by atoms with E-state index < -0.39 is 0 Å². The number of aromatic nitrogens is 2. The van der Waals surface area contributed by atoms with Crippen LogP contribution in [0, 0.1) is 0 Å². The van der Waals surface area contributed by atoms with Gasteiger partial charge in [-0.3, -0.25) is 9.59 Å². The lowest BCUT2D eigenvalue weighted by atomic mass is 9.93. The van der Waals surface area contributed by atoms with Crippen molar-refractivity contribution in [2.45, 2.75) is 63.6 Å². The van der Waals surface area contributed by atoms with E-state index in [1.54, 1.807) is 4.90 Å². The Balaban J connectivity index is 1.47. The van der Waals surface area contributed by atoms with E-state index in [1.807, 2.05) is 49.5 Å². The second-order valence-electron chi connectivity index (χ2n) is 9.52. The molecule has 0 N–H and O–H groups in total. The maximum atomic E-state index is 13.9. The van der Waals surface area contributed by atoms with Gasteiger partial charge in [-0.05, 0) is 30.5 Å². The number of hydrogen-bond acceptors (Lipinski definition) is 3. The number of imidazole rings is 1. The van der Waals surface area contributed by atoms with Crippen LogP contribution in [-0.2, 0) is 22.7 Å². The van der Waals surface area contributed by atoms with E-state index in [1.165, 1.54) is 19.3 Å². The highest BCUT2D eigenvalue weighted by Gasteiger charge is 2.33. The normalized spacial score (nSPS) is 19.4. The molecular weight excluding hydrogens is 412 g/mol. The van der Waals surface area contributed by atoms with Gasteiger partial charge in [0.05, 0.1) is 11.0 Å². The molecule has 5 rings (SSSR count). The average Bonchev–Trinajstić information content (AvgIpc) is 3.38. The minimum Gasteiger partial charge on any atom is -0.345 e. The van der Waals surface area contributed by atoms with Crippen molar-refractivity contribution in [1.82, 2.24) is 19.4 Å². The van der Waals surface area contributed by atoms with Crippen molar-refractivity contribution in [1.29, 1.82) is 0 Å². The van der Waals surface area contributed by atoms with Crippen LogP contribution in [0.1, 0.15) is 55.8 Å². The van der Waals surface area contributed by atoms with E-state index in [2.05, 4.69) is 21.6 Å². The van der Waals surface area contributed by atoms with Crippen LogP contribution in [0.25, 0.3) is 11.0 Å². The number of fused-ring (bicyclic) bond motifs is 1. The Morgan fingerprint density at radius 1 is 1.03 bits per heavy atom. The Morgan fingerprint density at radius 3 is 2.48 bits per heavy atom. The third-order valence-corrected chi connectivity index (χ3v) is 7.22. The fourth-order valence-electron chi connectivity index (χ4n) is 5.43. The van der Waals surface area contributed by atoms with Gasteiger partial charge < -0.3 is 14.4 Å². The second kappa shape index (κ2) is 9.38. The molecular formula is C27H32N4O2. The number of amides is 2. The molecule has 1 unspecified atom stereocenters. The zero-order valence-corrected chi connectivity index (χ0v) is 19.3. The molecule has 2 amide bonds. The smallest absolute Gasteiger partial charge is 0.243 e. The molecule has 2 aromatic carbocycles. The van der Waals surface area contributed by atoms with Crippen molar-refractivity contribution in [2.75, 3.05) is 13.6 Å². The molecule has 1 atom stereocenters. The van der Waals surface area contributed by atoms with Crippen molar-refractivity contribution >= 4 is 22.8 Å². The van der Waals surface area contributed by atoms with E-state index in [0.29, 0.717) is 19.5 Å². The largest absolute Gasteiger partial charge is 0.345 e. The van der Waals surface area contributed by atoms with Gasteiger partial charge in [-0.15, -0.1) is 0 Å². The lowest BCUT2D eigenvalue weighted by molar-refractivity contribution is -0.135. The molecule has 2 aliphatic rings. The summed E-state index contributed by atoms with van der Waals surface area (Å²) in [6, 6.07) is 18.5. The van der Waals surface area contributed by atoms with Gasteiger partial charge in [0.15, 0.2) is 0 Å². The lowest BCUT2D eigenvalue weighted by Gasteiger charge is -2.35. The lowest BCUT2D eigenvalue weighted by Crippen LogP contribution is -2.42. The van der Waals surface area contributed by atoms with Gasteiger partial charge in [0.2, 0.25) is 11.8 Å². The maximum absolute atomic E-state index is 13.9. The average molecular weight is 445 g/mol. The van der Waals surface area contributed by atoms with E-state index in [-0.39, 0.29) is 30.3 Å². The van der Waals surface area contributed by atoms with E-state index >= 15 is 0 Å². The Kier molecular flexibility index (Phi) is 6.16. The molecule has 0 radical (unpaired) electrons. The van der Waals surface area contributed by atoms with E-state index in [4.69, 9.17) is 4.98 Å². The number of hydrogen-bond donors (Lipinski definition) is 0. The van der Waals surface area contributed by atoms with Gasteiger partial charge in [0.25, 0.3) is 0 Å². The zero-order chi connectivity index (χ0) is 22.8. The summed E-state index contributed by atoms with van der Waals surface area (Å²) < 4.78 is 2.07. The number of benzene rings is 2. The van der Waals surface area contributed by atoms with Crippen LogP contribution in [0.2, 0.25) is 0 Å². The quantitative estimate of drug-likeness (QED) is 0.568. The standard InChI is InChI=1S/C27H32N4O2/c1-29-18-21(16-25(29)32)27-28-23-14-8-9-15-24(23)31(27)19-26(33)30(22-12-6-3-7-13-22)17-20-10-4-2-5-11-20/h2,4-5,8-11,14-15,21-22H,3,6-7,12-13,16-19H2,1H3. The van der Waals surface area contributed by atoms with Crippen LogP contribution in [-0.4, -0.2) is 50.8 Å². The summed E-state index contributed by atoms with van der Waals surface area (Å²) in [6.45, 7) is 1.54. The summed E-state index contributed by atoms with van der Waals surface area (Å²) in [5, 5.41) is 0. The van der Waals surface area contributed by atoms with Gasteiger partial charge >= 0.3 is 0 Å². The summed E-state index contributed by atoms with van der Waals surface area (Å²) in [6.07, 6.45) is 6.20. The van der Waals surface area contributed by atoms with Crippen LogP contribution >= 0.6 is 0 Å². The molecule has 6 heteroatoms. The summed E-state index contributed by atoms with van der Waals surface area (Å²) in [5.41, 5.74) is 3.01. The molecule has 172 valence electrons. The predicted octanol–water partition coefficient (Wildman–Crippen LogP) is 4.34. The Labute approximate surface area is 195 Å². The summed E-state index contributed by atoms with van der Waals surface area (Å²) >= 11 is 0.